The zero-order valence-electron chi connectivity index (χ0n) is 16.2. The quantitative estimate of drug-likeness (QED) is 0.767. The largest absolute Gasteiger partial charge is 0.349 e. The molecular weight excluding hydrogens is 378 g/mol. The normalized spacial score (nSPS) is 16.4. The zero-order chi connectivity index (χ0) is 19.8. The third-order valence-corrected chi connectivity index (χ3v) is 6.53. The summed E-state index contributed by atoms with van der Waals surface area (Å²) in [5.74, 6) is 0.871. The summed E-state index contributed by atoms with van der Waals surface area (Å²) in [5.41, 5.74) is 1.08. The summed E-state index contributed by atoms with van der Waals surface area (Å²) in [5, 5.41) is 2.12. The van der Waals surface area contributed by atoms with Crippen molar-refractivity contribution in [3.63, 3.8) is 0 Å². The molecule has 28 heavy (non-hydrogen) atoms. The molecule has 8 nitrogen and oxygen atoms in total. The average Bonchev–Trinajstić information content (AvgIpc) is 3.23. The van der Waals surface area contributed by atoms with E-state index in [1.807, 2.05) is 16.8 Å². The first-order valence-corrected chi connectivity index (χ1v) is 10.4. The second kappa shape index (κ2) is 7.56. The number of fused-ring (bicyclic) bond motifs is 2. The van der Waals surface area contributed by atoms with Gasteiger partial charge in [0.05, 0.1) is 13.2 Å². The van der Waals surface area contributed by atoms with Crippen molar-refractivity contribution < 1.29 is 4.79 Å². The topological polar surface area (TPSA) is 81.7 Å². The van der Waals surface area contributed by atoms with Crippen molar-refractivity contribution in [2.24, 2.45) is 7.05 Å². The van der Waals surface area contributed by atoms with Gasteiger partial charge in [-0.25, -0.2) is 4.79 Å². The Balaban J connectivity index is 1.33. The third-order valence-electron chi connectivity index (χ3n) is 5.50. The highest BCUT2D eigenvalue weighted by Crippen LogP contribution is 2.29. The number of hydrogen-bond donors (Lipinski definition) is 1. The van der Waals surface area contributed by atoms with Crippen LogP contribution in [0.1, 0.15) is 23.3 Å². The highest BCUT2D eigenvalue weighted by molar-refractivity contribution is 7.10. The molecule has 0 amide bonds. The highest BCUT2D eigenvalue weighted by Gasteiger charge is 2.29. The molecule has 0 saturated heterocycles. The Hall–Kier alpha value is -2.39. The van der Waals surface area contributed by atoms with Crippen LogP contribution in [0.4, 0.5) is 11.5 Å². The minimum Gasteiger partial charge on any atom is -0.349 e. The number of H-pyrrole nitrogens is 1. The van der Waals surface area contributed by atoms with Gasteiger partial charge in [-0.15, -0.1) is 11.3 Å². The average molecular weight is 404 g/mol. The summed E-state index contributed by atoms with van der Waals surface area (Å²) in [4.78, 5) is 46.3. The first-order chi connectivity index (χ1) is 13.4. The lowest BCUT2D eigenvalue weighted by atomic mass is 10.1. The van der Waals surface area contributed by atoms with E-state index in [-0.39, 0.29) is 11.3 Å². The van der Waals surface area contributed by atoms with Gasteiger partial charge in [-0.05, 0) is 29.9 Å². The number of aromatic amines is 1. The Morgan fingerprint density at radius 3 is 2.93 bits per heavy atom. The maximum atomic E-state index is 12.4. The predicted molar refractivity (Wildman–Crippen MR) is 110 cm³/mol. The molecule has 0 fully saturated rings. The standard InChI is InChI=1S/C19H25N5O3S/c1-21-12-24(18-16(21)17(26)20-19(27)22(18)2)7-3-4-14(25)11-23-8-5-15-13(10-23)6-9-28-15/h6,9H,3-5,7-8,10-12H2,1-2H3,(H,20,26,27). The fourth-order valence-corrected chi connectivity index (χ4v) is 5.00. The van der Waals surface area contributed by atoms with Crippen LogP contribution in [0.2, 0.25) is 0 Å². The molecule has 0 aromatic carbocycles. The summed E-state index contributed by atoms with van der Waals surface area (Å²) in [6.45, 7) is 3.46. The summed E-state index contributed by atoms with van der Waals surface area (Å²) >= 11 is 1.80. The number of nitrogens with one attached hydrogen (secondary N) is 1. The van der Waals surface area contributed by atoms with Crippen molar-refractivity contribution in [2.45, 2.75) is 25.8 Å². The second-order valence-electron chi connectivity index (χ2n) is 7.57. The van der Waals surface area contributed by atoms with E-state index in [1.165, 1.54) is 15.0 Å². The number of anilines is 2. The Kier molecular flexibility index (Phi) is 5.11. The van der Waals surface area contributed by atoms with Crippen LogP contribution in [0.5, 0.6) is 0 Å². The van der Waals surface area contributed by atoms with Gasteiger partial charge in [0.15, 0.2) is 0 Å². The van der Waals surface area contributed by atoms with E-state index in [4.69, 9.17) is 0 Å². The minimum atomic E-state index is -0.418. The van der Waals surface area contributed by atoms with E-state index in [2.05, 4.69) is 21.3 Å². The van der Waals surface area contributed by atoms with Crippen LogP contribution in [0, 0.1) is 0 Å². The Morgan fingerprint density at radius 2 is 2.11 bits per heavy atom. The number of nitrogens with zero attached hydrogens (tertiary/aromatic N) is 4. The minimum absolute atomic E-state index is 0.242. The number of Topliss-reactive ketones (excluding diaryl/α,β-unsaturated/α-hetero) is 1. The smallest absolute Gasteiger partial charge is 0.329 e. The first-order valence-electron chi connectivity index (χ1n) is 9.52. The molecule has 0 radical (unpaired) electrons. The van der Waals surface area contributed by atoms with Gasteiger partial charge < -0.3 is 9.80 Å². The van der Waals surface area contributed by atoms with Crippen LogP contribution in [-0.4, -0.2) is 53.6 Å². The van der Waals surface area contributed by atoms with Gasteiger partial charge in [0.1, 0.15) is 17.3 Å². The fourth-order valence-electron chi connectivity index (χ4n) is 4.11. The molecule has 9 heteroatoms. The molecule has 4 rings (SSSR count). The monoisotopic (exact) mass is 403 g/mol. The van der Waals surface area contributed by atoms with Gasteiger partial charge in [-0.3, -0.25) is 24.0 Å². The lowest BCUT2D eigenvalue weighted by Crippen LogP contribution is -2.35. The van der Waals surface area contributed by atoms with Crippen LogP contribution in [0.15, 0.2) is 21.0 Å². The molecule has 0 aliphatic carbocycles. The number of rotatable bonds is 6. The fraction of sp³-hybridized carbons (Fsp3) is 0.526. The van der Waals surface area contributed by atoms with Crippen LogP contribution < -0.4 is 21.0 Å². The number of aromatic nitrogens is 2. The van der Waals surface area contributed by atoms with Gasteiger partial charge in [0.25, 0.3) is 5.56 Å². The van der Waals surface area contributed by atoms with Crippen LogP contribution in [-0.2, 0) is 24.8 Å². The van der Waals surface area contributed by atoms with Crippen molar-refractivity contribution in [1.29, 1.82) is 0 Å². The third kappa shape index (κ3) is 3.51. The number of carbonyl (C=O) groups is 1. The molecule has 0 bridgehead atoms. The molecular formula is C19H25N5O3S. The lowest BCUT2D eigenvalue weighted by Gasteiger charge is -2.26. The predicted octanol–water partition coefficient (Wildman–Crippen LogP) is 0.756. The summed E-state index contributed by atoms with van der Waals surface area (Å²) in [6.07, 6.45) is 2.23. The molecule has 2 aliphatic rings. The SMILES string of the molecule is CN1CN(CCCC(=O)CN2CCc3sccc3C2)c2c1c(=O)[nH]c(=O)n2C. The van der Waals surface area contributed by atoms with Gasteiger partial charge in [0, 0.05) is 45.0 Å². The Bertz CT molecular complexity index is 1010. The maximum absolute atomic E-state index is 12.4. The molecule has 2 aliphatic heterocycles. The molecule has 4 heterocycles. The van der Waals surface area contributed by atoms with Gasteiger partial charge in [-0.1, -0.05) is 0 Å². The van der Waals surface area contributed by atoms with Crippen LogP contribution in [0.25, 0.3) is 0 Å². The molecule has 0 spiro atoms. The lowest BCUT2D eigenvalue weighted by molar-refractivity contribution is -0.120. The summed E-state index contributed by atoms with van der Waals surface area (Å²) in [7, 11) is 3.49. The molecule has 2 aromatic heterocycles. The Labute approximate surface area is 167 Å². The molecule has 0 saturated carbocycles. The van der Waals surface area contributed by atoms with E-state index in [0.717, 1.165) is 19.5 Å². The highest BCUT2D eigenvalue weighted by atomic mass is 32.1. The van der Waals surface area contributed by atoms with E-state index < -0.39 is 5.69 Å². The van der Waals surface area contributed by atoms with E-state index in [1.54, 1.807) is 18.4 Å². The van der Waals surface area contributed by atoms with Gasteiger partial charge >= 0.3 is 5.69 Å². The second-order valence-corrected chi connectivity index (χ2v) is 8.57. The molecule has 0 unspecified atom stereocenters. The van der Waals surface area contributed by atoms with Gasteiger partial charge in [0.2, 0.25) is 0 Å². The van der Waals surface area contributed by atoms with Gasteiger partial charge in [-0.2, -0.15) is 0 Å². The van der Waals surface area contributed by atoms with Crippen molar-refractivity contribution in [3.05, 3.63) is 42.7 Å². The van der Waals surface area contributed by atoms with E-state index in [0.29, 0.717) is 44.1 Å². The van der Waals surface area contributed by atoms with E-state index in [9.17, 15) is 14.4 Å². The molecule has 1 N–H and O–H groups in total. The van der Waals surface area contributed by atoms with Crippen LogP contribution in [0.3, 0.4) is 0 Å². The molecule has 2 aromatic rings. The van der Waals surface area contributed by atoms with E-state index >= 15 is 0 Å². The molecule has 0 atom stereocenters. The van der Waals surface area contributed by atoms with Crippen molar-refractivity contribution in [2.75, 3.05) is 43.2 Å². The summed E-state index contributed by atoms with van der Waals surface area (Å²) in [6, 6.07) is 2.16. The van der Waals surface area contributed by atoms with Crippen molar-refractivity contribution in [1.82, 2.24) is 14.5 Å². The zero-order valence-corrected chi connectivity index (χ0v) is 17.0. The number of thiophene rings is 1. The van der Waals surface area contributed by atoms with Crippen molar-refractivity contribution >= 4 is 28.6 Å². The first kappa shape index (κ1) is 18.9. The number of ketones is 1. The number of hydrogen-bond acceptors (Lipinski definition) is 7. The number of carbonyl (C=O) groups excluding carboxylic acids is 1. The van der Waals surface area contributed by atoms with Crippen molar-refractivity contribution in [3.8, 4) is 0 Å². The Morgan fingerprint density at radius 1 is 1.29 bits per heavy atom. The molecule has 150 valence electrons. The summed E-state index contributed by atoms with van der Waals surface area (Å²) < 4.78 is 1.47. The van der Waals surface area contributed by atoms with Crippen LogP contribution >= 0.6 is 11.3 Å². The maximum Gasteiger partial charge on any atom is 0.329 e.